The summed E-state index contributed by atoms with van der Waals surface area (Å²) in [5.41, 5.74) is -0.550. The van der Waals surface area contributed by atoms with Crippen molar-refractivity contribution in [3.8, 4) is 0 Å². The summed E-state index contributed by atoms with van der Waals surface area (Å²) in [6.45, 7) is 2.88. The van der Waals surface area contributed by atoms with Crippen LogP contribution in [-0.4, -0.2) is 49.1 Å². The van der Waals surface area contributed by atoms with Crippen LogP contribution in [0, 0.1) is 0 Å². The molecule has 6 heteroatoms. The van der Waals surface area contributed by atoms with Gasteiger partial charge in [0.2, 0.25) is 5.91 Å². The van der Waals surface area contributed by atoms with E-state index in [1.165, 1.54) is 7.11 Å². The molecule has 0 saturated heterocycles. The van der Waals surface area contributed by atoms with Crippen LogP contribution in [0.15, 0.2) is 0 Å². The standard InChI is InChI=1S/C13H24N2O3S/c1-4-7-15-13(12(17)18-3)6-5-10(8-13)19-9-11(16)14-2/h10,15H,4-9H2,1-3H3,(H,14,16). The van der Waals surface area contributed by atoms with Crippen molar-refractivity contribution in [1.82, 2.24) is 10.6 Å². The lowest BCUT2D eigenvalue weighted by Crippen LogP contribution is -2.51. The van der Waals surface area contributed by atoms with Gasteiger partial charge in [-0.05, 0) is 32.2 Å². The van der Waals surface area contributed by atoms with E-state index in [0.29, 0.717) is 11.0 Å². The van der Waals surface area contributed by atoms with E-state index in [1.807, 2.05) is 0 Å². The largest absolute Gasteiger partial charge is 0.468 e. The first-order chi connectivity index (χ1) is 9.07. The second-order valence-electron chi connectivity index (χ2n) is 4.85. The van der Waals surface area contributed by atoms with Crippen molar-refractivity contribution in [2.45, 2.75) is 43.4 Å². The molecule has 1 rings (SSSR count). The van der Waals surface area contributed by atoms with Gasteiger partial charge in [0.25, 0.3) is 0 Å². The van der Waals surface area contributed by atoms with E-state index in [1.54, 1.807) is 18.8 Å². The van der Waals surface area contributed by atoms with Crippen LogP contribution in [0.3, 0.4) is 0 Å². The van der Waals surface area contributed by atoms with E-state index in [0.717, 1.165) is 32.2 Å². The lowest BCUT2D eigenvalue weighted by atomic mass is 9.97. The molecular formula is C13H24N2O3S. The molecule has 1 amide bonds. The Morgan fingerprint density at radius 3 is 2.79 bits per heavy atom. The fourth-order valence-corrected chi connectivity index (χ4v) is 3.60. The zero-order chi connectivity index (χ0) is 14.3. The third-order valence-electron chi connectivity index (χ3n) is 3.49. The molecule has 5 nitrogen and oxygen atoms in total. The Morgan fingerprint density at radius 2 is 2.21 bits per heavy atom. The molecule has 1 aliphatic rings. The Hall–Kier alpha value is -0.750. The highest BCUT2D eigenvalue weighted by atomic mass is 32.2. The van der Waals surface area contributed by atoms with Crippen LogP contribution in [0.25, 0.3) is 0 Å². The molecule has 0 spiro atoms. The molecule has 0 aromatic carbocycles. The molecular weight excluding hydrogens is 264 g/mol. The average molecular weight is 288 g/mol. The number of amides is 1. The topological polar surface area (TPSA) is 67.4 Å². The van der Waals surface area contributed by atoms with Gasteiger partial charge in [-0.15, -0.1) is 11.8 Å². The van der Waals surface area contributed by atoms with Crippen LogP contribution < -0.4 is 10.6 Å². The SMILES string of the molecule is CCCNC1(C(=O)OC)CCC(SCC(=O)NC)C1. The van der Waals surface area contributed by atoms with Crippen molar-refractivity contribution in [2.75, 3.05) is 26.5 Å². The van der Waals surface area contributed by atoms with Crippen molar-refractivity contribution in [3.05, 3.63) is 0 Å². The van der Waals surface area contributed by atoms with Crippen LogP contribution >= 0.6 is 11.8 Å². The van der Waals surface area contributed by atoms with E-state index in [9.17, 15) is 9.59 Å². The number of methoxy groups -OCH3 is 1. The number of carbonyl (C=O) groups excluding carboxylic acids is 2. The van der Waals surface area contributed by atoms with Crippen LogP contribution in [0.5, 0.6) is 0 Å². The quantitative estimate of drug-likeness (QED) is 0.682. The molecule has 0 bridgehead atoms. The fraction of sp³-hybridized carbons (Fsp3) is 0.846. The zero-order valence-electron chi connectivity index (χ0n) is 12.0. The van der Waals surface area contributed by atoms with Gasteiger partial charge < -0.3 is 15.4 Å². The highest BCUT2D eigenvalue weighted by Gasteiger charge is 2.45. The van der Waals surface area contributed by atoms with Crippen molar-refractivity contribution >= 4 is 23.6 Å². The monoisotopic (exact) mass is 288 g/mol. The predicted octanol–water partition coefficient (Wildman–Crippen LogP) is 0.929. The Bertz CT molecular complexity index is 325. The summed E-state index contributed by atoms with van der Waals surface area (Å²) in [5, 5.41) is 6.28. The lowest BCUT2D eigenvalue weighted by molar-refractivity contribution is -0.148. The smallest absolute Gasteiger partial charge is 0.326 e. The first kappa shape index (κ1) is 16.3. The number of esters is 1. The molecule has 2 atom stereocenters. The van der Waals surface area contributed by atoms with Gasteiger partial charge in [-0.25, -0.2) is 0 Å². The molecule has 0 radical (unpaired) electrons. The number of nitrogens with one attached hydrogen (secondary N) is 2. The molecule has 1 aliphatic carbocycles. The average Bonchev–Trinajstić information content (AvgIpc) is 2.86. The third-order valence-corrected chi connectivity index (χ3v) is 4.79. The Kier molecular flexibility index (Phi) is 6.65. The number of hydrogen-bond acceptors (Lipinski definition) is 5. The Morgan fingerprint density at radius 1 is 1.47 bits per heavy atom. The molecule has 110 valence electrons. The summed E-state index contributed by atoms with van der Waals surface area (Å²) >= 11 is 1.62. The van der Waals surface area contributed by atoms with Gasteiger partial charge >= 0.3 is 5.97 Å². The van der Waals surface area contributed by atoms with Crippen molar-refractivity contribution in [2.24, 2.45) is 0 Å². The minimum absolute atomic E-state index is 0.0297. The molecule has 0 aromatic heterocycles. The van der Waals surface area contributed by atoms with Crippen molar-refractivity contribution in [1.29, 1.82) is 0 Å². The number of thioether (sulfide) groups is 1. The Labute approximate surface area is 119 Å². The van der Waals surface area contributed by atoms with Gasteiger partial charge in [0.05, 0.1) is 12.9 Å². The van der Waals surface area contributed by atoms with Gasteiger partial charge in [0, 0.05) is 12.3 Å². The summed E-state index contributed by atoms with van der Waals surface area (Å²) in [6.07, 6.45) is 3.44. The molecule has 1 fully saturated rings. The first-order valence-electron chi connectivity index (χ1n) is 6.73. The van der Waals surface area contributed by atoms with Crippen molar-refractivity contribution in [3.63, 3.8) is 0 Å². The van der Waals surface area contributed by atoms with E-state index >= 15 is 0 Å². The zero-order valence-corrected chi connectivity index (χ0v) is 12.8. The van der Waals surface area contributed by atoms with Crippen LogP contribution in [-0.2, 0) is 14.3 Å². The second-order valence-corrected chi connectivity index (χ2v) is 6.14. The maximum absolute atomic E-state index is 12.0. The predicted molar refractivity (Wildman–Crippen MR) is 77.2 cm³/mol. The fourth-order valence-electron chi connectivity index (χ4n) is 2.39. The summed E-state index contributed by atoms with van der Waals surface area (Å²) in [6, 6.07) is 0. The summed E-state index contributed by atoms with van der Waals surface area (Å²) in [4.78, 5) is 23.3. The van der Waals surface area contributed by atoms with Crippen LogP contribution in [0.4, 0.5) is 0 Å². The minimum atomic E-state index is -0.550. The molecule has 0 aromatic rings. The lowest BCUT2D eigenvalue weighted by Gasteiger charge is -2.27. The second kappa shape index (κ2) is 7.75. The number of rotatable bonds is 7. The maximum atomic E-state index is 12.0. The highest BCUT2D eigenvalue weighted by Crippen LogP contribution is 2.37. The molecule has 1 saturated carbocycles. The van der Waals surface area contributed by atoms with E-state index in [4.69, 9.17) is 4.74 Å². The number of ether oxygens (including phenoxy) is 1. The molecule has 0 aliphatic heterocycles. The van der Waals surface area contributed by atoms with Gasteiger partial charge in [0.1, 0.15) is 5.54 Å². The highest BCUT2D eigenvalue weighted by molar-refractivity contribution is 8.00. The van der Waals surface area contributed by atoms with Gasteiger partial charge in [-0.1, -0.05) is 6.92 Å². The van der Waals surface area contributed by atoms with Crippen molar-refractivity contribution < 1.29 is 14.3 Å². The molecule has 2 N–H and O–H groups in total. The normalized spacial score (nSPS) is 26.2. The number of carbonyl (C=O) groups is 2. The van der Waals surface area contributed by atoms with E-state index in [-0.39, 0.29) is 11.9 Å². The first-order valence-corrected chi connectivity index (χ1v) is 7.78. The Balaban J connectivity index is 2.56. The molecule has 2 unspecified atom stereocenters. The summed E-state index contributed by atoms with van der Waals surface area (Å²) in [5.74, 6) is 0.303. The van der Waals surface area contributed by atoms with Gasteiger partial charge in [-0.2, -0.15) is 0 Å². The van der Waals surface area contributed by atoms with Crippen LogP contribution in [0.1, 0.15) is 32.6 Å². The van der Waals surface area contributed by atoms with E-state index in [2.05, 4.69) is 17.6 Å². The summed E-state index contributed by atoms with van der Waals surface area (Å²) < 4.78 is 4.94. The molecule has 0 heterocycles. The summed E-state index contributed by atoms with van der Waals surface area (Å²) in [7, 11) is 3.07. The van der Waals surface area contributed by atoms with Crippen LogP contribution in [0.2, 0.25) is 0 Å². The number of hydrogen-bond donors (Lipinski definition) is 2. The molecule has 19 heavy (non-hydrogen) atoms. The maximum Gasteiger partial charge on any atom is 0.326 e. The van der Waals surface area contributed by atoms with E-state index < -0.39 is 5.54 Å². The third kappa shape index (κ3) is 4.38. The van der Waals surface area contributed by atoms with Gasteiger partial charge in [0.15, 0.2) is 0 Å². The minimum Gasteiger partial charge on any atom is -0.468 e. The van der Waals surface area contributed by atoms with Gasteiger partial charge in [-0.3, -0.25) is 9.59 Å².